The van der Waals surface area contributed by atoms with E-state index in [1.807, 2.05) is 23.1 Å². The van der Waals surface area contributed by atoms with E-state index in [-0.39, 0.29) is 17.9 Å². The van der Waals surface area contributed by atoms with Crippen molar-refractivity contribution in [3.05, 3.63) is 23.8 Å². The number of amides is 2. The summed E-state index contributed by atoms with van der Waals surface area (Å²) in [6, 6.07) is 6.45. The molecule has 1 aromatic carbocycles. The Morgan fingerprint density at radius 2 is 1.66 bits per heavy atom. The number of hydrogen-bond donors (Lipinski definition) is 1. The van der Waals surface area contributed by atoms with Crippen LogP contribution in [0.2, 0.25) is 0 Å². The highest BCUT2D eigenvalue weighted by atomic mass is 16.2. The first-order chi connectivity index (χ1) is 14.2. The third-order valence-corrected chi connectivity index (χ3v) is 7.27. The van der Waals surface area contributed by atoms with Crippen LogP contribution in [0, 0.1) is 0 Å². The average Bonchev–Trinajstić information content (AvgIpc) is 2.79. The van der Waals surface area contributed by atoms with E-state index in [1.54, 1.807) is 0 Å². The molecule has 3 saturated heterocycles. The number of benzene rings is 1. The second kappa shape index (κ2) is 7.98. The predicted octanol–water partition coefficient (Wildman–Crippen LogP) is 3.09. The third-order valence-electron chi connectivity index (χ3n) is 7.27. The standard InChI is InChI=1S/C23H32N4O2/c28-22-21-6-2-5-13-27(21)20-8-7-17(16-19(20)24-22)23(29)26-14-9-18(10-15-26)25-11-3-1-4-12-25/h7-8,16,18,21H,1-6,9-15H2,(H,24,28). The van der Waals surface area contributed by atoms with Gasteiger partial charge >= 0.3 is 0 Å². The highest BCUT2D eigenvalue weighted by Crippen LogP contribution is 2.36. The van der Waals surface area contributed by atoms with Gasteiger partial charge in [-0.15, -0.1) is 0 Å². The number of fused-ring (bicyclic) bond motifs is 3. The molecule has 1 atom stereocenters. The number of likely N-dealkylation sites (tertiary alicyclic amines) is 2. The van der Waals surface area contributed by atoms with E-state index >= 15 is 0 Å². The molecule has 0 aromatic heterocycles. The van der Waals surface area contributed by atoms with Crippen LogP contribution in [0.5, 0.6) is 0 Å². The van der Waals surface area contributed by atoms with Gasteiger partial charge in [0.05, 0.1) is 11.4 Å². The monoisotopic (exact) mass is 396 g/mol. The molecule has 0 radical (unpaired) electrons. The molecule has 1 N–H and O–H groups in total. The van der Waals surface area contributed by atoms with Gasteiger partial charge in [0.1, 0.15) is 6.04 Å². The zero-order chi connectivity index (χ0) is 19.8. The van der Waals surface area contributed by atoms with Crippen LogP contribution in [-0.2, 0) is 4.79 Å². The first-order valence-corrected chi connectivity index (χ1v) is 11.5. The molecule has 1 unspecified atom stereocenters. The second-order valence-corrected chi connectivity index (χ2v) is 9.05. The molecular formula is C23H32N4O2. The molecule has 0 saturated carbocycles. The minimum atomic E-state index is -0.0494. The highest BCUT2D eigenvalue weighted by molar-refractivity contribution is 6.05. The van der Waals surface area contributed by atoms with Gasteiger partial charge in [-0.05, 0) is 76.2 Å². The van der Waals surface area contributed by atoms with Crippen molar-refractivity contribution in [2.45, 2.75) is 63.5 Å². The summed E-state index contributed by atoms with van der Waals surface area (Å²) in [6.45, 7) is 5.03. The van der Waals surface area contributed by atoms with Crippen LogP contribution in [0.15, 0.2) is 18.2 Å². The molecule has 6 heteroatoms. The van der Waals surface area contributed by atoms with Crippen molar-refractivity contribution in [2.75, 3.05) is 42.9 Å². The van der Waals surface area contributed by atoms with Crippen molar-refractivity contribution in [3.63, 3.8) is 0 Å². The Labute approximate surface area is 173 Å². The summed E-state index contributed by atoms with van der Waals surface area (Å²) in [6.07, 6.45) is 9.28. The summed E-state index contributed by atoms with van der Waals surface area (Å²) in [4.78, 5) is 32.5. The third kappa shape index (κ3) is 3.63. The van der Waals surface area contributed by atoms with E-state index in [0.29, 0.717) is 11.6 Å². The van der Waals surface area contributed by atoms with Gasteiger partial charge in [0.15, 0.2) is 0 Å². The summed E-state index contributed by atoms with van der Waals surface area (Å²) in [5.41, 5.74) is 2.55. The molecule has 1 aromatic rings. The molecule has 29 heavy (non-hydrogen) atoms. The minimum Gasteiger partial charge on any atom is -0.358 e. The van der Waals surface area contributed by atoms with Crippen molar-refractivity contribution in [2.24, 2.45) is 0 Å². The fraction of sp³-hybridized carbons (Fsp3) is 0.652. The molecule has 6 nitrogen and oxygen atoms in total. The van der Waals surface area contributed by atoms with Gasteiger partial charge in [0, 0.05) is 31.2 Å². The lowest BCUT2D eigenvalue weighted by Crippen LogP contribution is -2.50. The summed E-state index contributed by atoms with van der Waals surface area (Å²) in [7, 11) is 0. The van der Waals surface area contributed by atoms with Crippen LogP contribution in [0.1, 0.15) is 61.7 Å². The van der Waals surface area contributed by atoms with Gasteiger partial charge in [-0.2, -0.15) is 0 Å². The average molecular weight is 397 g/mol. The molecule has 5 rings (SSSR count). The van der Waals surface area contributed by atoms with Crippen molar-refractivity contribution in [3.8, 4) is 0 Å². The second-order valence-electron chi connectivity index (χ2n) is 9.05. The Morgan fingerprint density at radius 1 is 0.897 bits per heavy atom. The smallest absolute Gasteiger partial charge is 0.253 e. The van der Waals surface area contributed by atoms with Gasteiger partial charge in [0.25, 0.3) is 5.91 Å². The fourth-order valence-corrected chi connectivity index (χ4v) is 5.63. The lowest BCUT2D eigenvalue weighted by atomic mass is 9.96. The molecular weight excluding hydrogens is 364 g/mol. The van der Waals surface area contributed by atoms with Gasteiger partial charge < -0.3 is 20.0 Å². The Morgan fingerprint density at radius 3 is 2.45 bits per heavy atom. The molecule has 156 valence electrons. The van der Waals surface area contributed by atoms with Crippen LogP contribution in [0.4, 0.5) is 11.4 Å². The normalized spacial score (nSPS) is 25.9. The maximum Gasteiger partial charge on any atom is 0.253 e. The SMILES string of the molecule is O=C1Nc2cc(C(=O)N3CCC(N4CCCCC4)CC3)ccc2N2CCCCC12. The van der Waals surface area contributed by atoms with E-state index in [9.17, 15) is 9.59 Å². The molecule has 3 fully saturated rings. The number of carbonyl (C=O) groups is 2. The number of hydrogen-bond acceptors (Lipinski definition) is 4. The van der Waals surface area contributed by atoms with Crippen molar-refractivity contribution >= 4 is 23.2 Å². The van der Waals surface area contributed by atoms with Crippen molar-refractivity contribution in [1.29, 1.82) is 0 Å². The van der Waals surface area contributed by atoms with Crippen LogP contribution in [-0.4, -0.2) is 66.4 Å². The van der Waals surface area contributed by atoms with Crippen LogP contribution < -0.4 is 10.2 Å². The first-order valence-electron chi connectivity index (χ1n) is 11.5. The van der Waals surface area contributed by atoms with E-state index in [4.69, 9.17) is 0 Å². The topological polar surface area (TPSA) is 55.9 Å². The van der Waals surface area contributed by atoms with Gasteiger partial charge in [-0.3, -0.25) is 9.59 Å². The van der Waals surface area contributed by atoms with Crippen LogP contribution >= 0.6 is 0 Å². The maximum atomic E-state index is 13.1. The van der Waals surface area contributed by atoms with Gasteiger partial charge in [-0.25, -0.2) is 0 Å². The number of piperidine rings is 3. The molecule has 4 aliphatic rings. The predicted molar refractivity (Wildman–Crippen MR) is 114 cm³/mol. The Bertz CT molecular complexity index is 781. The number of carbonyl (C=O) groups excluding carboxylic acids is 2. The highest BCUT2D eigenvalue weighted by Gasteiger charge is 2.35. The summed E-state index contributed by atoms with van der Waals surface area (Å²) < 4.78 is 0. The Kier molecular flexibility index (Phi) is 5.20. The van der Waals surface area contributed by atoms with Crippen molar-refractivity contribution in [1.82, 2.24) is 9.80 Å². The largest absolute Gasteiger partial charge is 0.358 e. The molecule has 0 bridgehead atoms. The number of anilines is 2. The van der Waals surface area contributed by atoms with Crippen LogP contribution in [0.3, 0.4) is 0 Å². The fourth-order valence-electron chi connectivity index (χ4n) is 5.63. The van der Waals surface area contributed by atoms with Crippen LogP contribution in [0.25, 0.3) is 0 Å². The maximum absolute atomic E-state index is 13.1. The molecule has 4 aliphatic heterocycles. The quantitative estimate of drug-likeness (QED) is 0.835. The lowest BCUT2D eigenvalue weighted by Gasteiger charge is -2.41. The zero-order valence-electron chi connectivity index (χ0n) is 17.2. The Balaban J connectivity index is 1.26. The van der Waals surface area contributed by atoms with E-state index in [2.05, 4.69) is 15.1 Å². The van der Waals surface area contributed by atoms with E-state index < -0.39 is 0 Å². The number of nitrogens with zero attached hydrogens (tertiary/aromatic N) is 3. The Hall–Kier alpha value is -2.08. The number of nitrogens with one attached hydrogen (secondary N) is 1. The summed E-state index contributed by atoms with van der Waals surface area (Å²) in [5, 5.41) is 3.05. The minimum absolute atomic E-state index is 0.0494. The molecule has 4 heterocycles. The molecule has 2 amide bonds. The first kappa shape index (κ1) is 18.9. The summed E-state index contributed by atoms with van der Waals surface area (Å²) >= 11 is 0. The summed E-state index contributed by atoms with van der Waals surface area (Å²) in [5.74, 6) is 0.170. The van der Waals surface area contributed by atoms with E-state index in [1.165, 1.54) is 32.4 Å². The molecule has 0 spiro atoms. The van der Waals surface area contributed by atoms with Gasteiger partial charge in [0.2, 0.25) is 5.91 Å². The number of rotatable bonds is 2. The van der Waals surface area contributed by atoms with Gasteiger partial charge in [-0.1, -0.05) is 6.42 Å². The lowest BCUT2D eigenvalue weighted by molar-refractivity contribution is -0.118. The van der Waals surface area contributed by atoms with Crippen molar-refractivity contribution < 1.29 is 9.59 Å². The molecule has 0 aliphatic carbocycles. The zero-order valence-corrected chi connectivity index (χ0v) is 17.2. The van der Waals surface area contributed by atoms with E-state index in [0.717, 1.165) is 63.1 Å².